The first kappa shape index (κ1) is 53.4. The van der Waals surface area contributed by atoms with Crippen molar-refractivity contribution in [3.63, 3.8) is 0 Å². The van der Waals surface area contributed by atoms with Gasteiger partial charge in [-0.05, 0) is 81.2 Å². The van der Waals surface area contributed by atoms with E-state index in [1.165, 1.54) is 37.9 Å². The Balaban J connectivity index is 1.47. The molecule has 21 nitrogen and oxygen atoms in total. The summed E-state index contributed by atoms with van der Waals surface area (Å²) >= 11 is 0. The summed E-state index contributed by atoms with van der Waals surface area (Å²) < 4.78 is 0. The monoisotopic (exact) mass is 979 g/mol. The molecule has 380 valence electrons. The molecule has 2 saturated heterocycles. The molecule has 2 aromatic heterocycles. The predicted molar refractivity (Wildman–Crippen MR) is 258 cm³/mol. The van der Waals surface area contributed by atoms with E-state index in [-0.39, 0.29) is 75.4 Å². The summed E-state index contributed by atoms with van der Waals surface area (Å²) in [6.45, 7) is 5.20. The molecule has 0 radical (unpaired) electrons. The van der Waals surface area contributed by atoms with Crippen LogP contribution >= 0.6 is 0 Å². The third-order valence-electron chi connectivity index (χ3n) is 13.0. The largest absolute Gasteiger partial charge is 0.508 e. The Labute approximate surface area is 411 Å². The van der Waals surface area contributed by atoms with Gasteiger partial charge in [-0.25, -0.2) is 15.4 Å². The molecule has 6 rings (SSSR count). The Bertz CT molecular complexity index is 2430. The highest BCUT2D eigenvalue weighted by Crippen LogP contribution is 2.28. The lowest BCUT2D eigenvalue weighted by atomic mass is 9.88. The maximum absolute atomic E-state index is 15.6. The van der Waals surface area contributed by atoms with Crippen LogP contribution in [0.5, 0.6) is 5.75 Å². The fourth-order valence-electron chi connectivity index (χ4n) is 9.35. The molecule has 4 aromatic rings. The number of imidazole rings is 2. The molecular formula is C50H65N11O10. The Hall–Kier alpha value is -6.94. The van der Waals surface area contributed by atoms with Crippen LogP contribution in [0.1, 0.15) is 81.8 Å². The summed E-state index contributed by atoms with van der Waals surface area (Å²) in [6, 6.07) is 3.91. The number of hydrogen-bond donors (Lipinski definition) is 9. The standard InChI is InChI=1S/C50H65N11O10/c1-29(2)18-40-46(67)38(56-39(30(3)63)21-33-24-52-27-54-33)15-16-43(47(68)41(22-34-25-53-28-55-34)57-48(69)37(51)20-31-8-5-4-6-9-31)60-17-7-10-44(60)50(71)61(59-42(23-45(65)66)49(70)58-40)35(26-62)19-32-11-13-36(64)14-12-32/h4-6,8-9,11-14,24-29,35,37-44,56,59,64H,7,10,15-23,51H2,1-3H3,(H,52,54)(H,53,55)(H,57,69)(H,58,70)(H,65,66)/t35-,37-,38?,39-,40-,41-,42-,43?,44-/m0/s1. The molecule has 4 heterocycles. The highest BCUT2D eigenvalue weighted by atomic mass is 16.4. The van der Waals surface area contributed by atoms with E-state index < -0.39 is 96.1 Å². The van der Waals surface area contributed by atoms with E-state index in [0.717, 1.165) is 10.6 Å². The highest BCUT2D eigenvalue weighted by Gasteiger charge is 2.46. The number of nitrogens with zero attached hydrogens (tertiary/aromatic N) is 4. The number of aromatic hydroxyl groups is 1. The number of carbonyl (C=O) groups excluding carboxylic acids is 7. The zero-order valence-corrected chi connectivity index (χ0v) is 40.2. The van der Waals surface area contributed by atoms with Gasteiger partial charge in [0.1, 0.15) is 29.9 Å². The van der Waals surface area contributed by atoms with Crippen molar-refractivity contribution in [3.8, 4) is 5.75 Å². The van der Waals surface area contributed by atoms with Crippen LogP contribution in [-0.4, -0.2) is 148 Å². The summed E-state index contributed by atoms with van der Waals surface area (Å²) in [5.41, 5.74) is 11.7. The van der Waals surface area contributed by atoms with Crippen LogP contribution in [-0.2, 0) is 64.0 Å². The second-order valence-corrected chi connectivity index (χ2v) is 18.8. The number of H-pyrrole nitrogens is 2. The molecule has 9 atom stereocenters. The summed E-state index contributed by atoms with van der Waals surface area (Å²) in [5, 5.41) is 30.0. The fraction of sp³-hybridized carbons (Fsp3) is 0.480. The smallest absolute Gasteiger partial charge is 0.305 e. The van der Waals surface area contributed by atoms with E-state index in [2.05, 4.69) is 41.3 Å². The maximum Gasteiger partial charge on any atom is 0.305 e. The Morgan fingerprint density at radius 2 is 1.51 bits per heavy atom. The normalized spacial score (nSPS) is 22.1. The van der Waals surface area contributed by atoms with Crippen LogP contribution < -0.4 is 27.1 Å². The number of ketones is 3. The van der Waals surface area contributed by atoms with Gasteiger partial charge in [0.15, 0.2) is 11.6 Å². The van der Waals surface area contributed by atoms with Gasteiger partial charge in [-0.15, -0.1) is 0 Å². The first-order chi connectivity index (χ1) is 34.0. The molecule has 71 heavy (non-hydrogen) atoms. The van der Waals surface area contributed by atoms with Crippen molar-refractivity contribution >= 4 is 47.3 Å². The lowest BCUT2D eigenvalue weighted by Crippen LogP contribution is -2.65. The number of rotatable bonds is 21. The minimum atomic E-state index is -1.71. The van der Waals surface area contributed by atoms with Gasteiger partial charge in [0.2, 0.25) is 11.8 Å². The molecule has 0 saturated carbocycles. The van der Waals surface area contributed by atoms with Crippen molar-refractivity contribution < 1.29 is 48.6 Å². The van der Waals surface area contributed by atoms with Gasteiger partial charge in [0, 0.05) is 43.0 Å². The second-order valence-electron chi connectivity index (χ2n) is 18.8. The number of hydrogen-bond acceptors (Lipinski definition) is 15. The minimum Gasteiger partial charge on any atom is -0.508 e. The number of aromatic nitrogens is 4. The van der Waals surface area contributed by atoms with E-state index in [4.69, 9.17) is 5.73 Å². The maximum atomic E-state index is 15.6. The molecular weight excluding hydrogens is 915 g/mol. The van der Waals surface area contributed by atoms with Crippen LogP contribution in [0, 0.1) is 5.92 Å². The van der Waals surface area contributed by atoms with Gasteiger partial charge in [-0.1, -0.05) is 56.3 Å². The molecule has 2 aliphatic rings. The molecule has 0 aliphatic carbocycles. The molecule has 2 fully saturated rings. The van der Waals surface area contributed by atoms with E-state index in [1.54, 1.807) is 23.2 Å². The van der Waals surface area contributed by atoms with E-state index in [9.17, 15) is 34.2 Å². The summed E-state index contributed by atoms with van der Waals surface area (Å²) in [6.07, 6.45) is 6.05. The van der Waals surface area contributed by atoms with E-state index in [1.807, 2.05) is 44.2 Å². The number of fused-ring (bicyclic) bond motifs is 1. The van der Waals surface area contributed by atoms with E-state index in [0.29, 0.717) is 29.7 Å². The number of nitrogens with two attached hydrogens (primary N) is 1. The molecule has 0 spiro atoms. The minimum absolute atomic E-state index is 0.0443. The quantitative estimate of drug-likeness (QED) is 0.0524. The first-order valence-corrected chi connectivity index (χ1v) is 24.0. The first-order valence-electron chi connectivity index (χ1n) is 24.0. The van der Waals surface area contributed by atoms with Crippen LogP contribution in [0.4, 0.5) is 0 Å². The zero-order valence-electron chi connectivity index (χ0n) is 40.2. The van der Waals surface area contributed by atoms with Crippen LogP contribution in [0.2, 0.25) is 0 Å². The number of aromatic amines is 2. The van der Waals surface area contributed by atoms with E-state index >= 15 is 14.4 Å². The summed E-state index contributed by atoms with van der Waals surface area (Å²) in [4.78, 5) is 129. The van der Waals surface area contributed by atoms with Crippen molar-refractivity contribution in [1.29, 1.82) is 0 Å². The number of nitrogens with one attached hydrogen (secondary N) is 6. The Morgan fingerprint density at radius 3 is 2.10 bits per heavy atom. The van der Waals surface area contributed by atoms with Gasteiger partial charge in [-0.3, -0.25) is 48.8 Å². The number of hydrazine groups is 1. The lowest BCUT2D eigenvalue weighted by molar-refractivity contribution is -0.151. The second kappa shape index (κ2) is 25.3. The number of carboxylic acids is 1. The average Bonchev–Trinajstić information content (AvgIpc) is 4.16. The topological polar surface area (TPSA) is 315 Å². The van der Waals surface area contributed by atoms with Gasteiger partial charge in [-0.2, -0.15) is 0 Å². The number of aldehydes is 1. The number of aliphatic carboxylic acids is 1. The lowest BCUT2D eigenvalue weighted by Gasteiger charge is -2.40. The molecule has 0 bridgehead atoms. The zero-order chi connectivity index (χ0) is 51.2. The van der Waals surface area contributed by atoms with Crippen LogP contribution in [0.25, 0.3) is 0 Å². The van der Waals surface area contributed by atoms with Gasteiger partial charge < -0.3 is 41.3 Å². The van der Waals surface area contributed by atoms with Gasteiger partial charge in [0.05, 0.1) is 61.4 Å². The third-order valence-corrected chi connectivity index (χ3v) is 13.0. The van der Waals surface area contributed by atoms with Crippen molar-refractivity contribution in [2.75, 3.05) is 6.54 Å². The predicted octanol–water partition coefficient (Wildman–Crippen LogP) is 0.877. The van der Waals surface area contributed by atoms with Crippen molar-refractivity contribution in [2.45, 2.75) is 139 Å². The SMILES string of the molecule is CC(=O)[C@H](Cc1cnc[nH]1)NC1CCC(C(=O)[C@H](Cc2cnc[nH]2)NC(=O)[C@@H](N)Cc2ccccc2)N2CCC[C@H]2C(=O)N([C@H](C=O)Cc2ccc(O)cc2)N[C@@H](CC(=O)O)C(=O)N[C@@H](CC(C)C)C1=O. The molecule has 2 aromatic carbocycles. The van der Waals surface area contributed by atoms with Crippen molar-refractivity contribution in [1.82, 2.24) is 51.2 Å². The number of carboxylic acid groups (broad SMARTS) is 1. The molecule has 21 heteroatoms. The number of carbonyl (C=O) groups is 8. The fourth-order valence-corrected chi connectivity index (χ4v) is 9.35. The molecule has 2 unspecified atom stereocenters. The Morgan fingerprint density at radius 1 is 0.859 bits per heavy atom. The van der Waals surface area contributed by atoms with Crippen molar-refractivity contribution in [2.24, 2.45) is 11.7 Å². The number of amides is 3. The number of phenolic OH excluding ortho intramolecular Hbond substituents is 1. The Kier molecular flexibility index (Phi) is 19.0. The molecule has 3 amide bonds. The van der Waals surface area contributed by atoms with Gasteiger partial charge >= 0.3 is 5.97 Å². The van der Waals surface area contributed by atoms with Crippen LogP contribution in [0.15, 0.2) is 79.6 Å². The summed E-state index contributed by atoms with van der Waals surface area (Å²) in [5.74, 6) is -5.35. The molecule has 10 N–H and O–H groups in total. The highest BCUT2D eigenvalue weighted by molar-refractivity contribution is 5.97. The third kappa shape index (κ3) is 14.8. The number of benzene rings is 2. The number of Topliss-reactive ketones (excluding diaryl/α,β-unsaturated/α-hetero) is 3. The summed E-state index contributed by atoms with van der Waals surface area (Å²) in [7, 11) is 0. The van der Waals surface area contributed by atoms with Crippen molar-refractivity contribution in [3.05, 3.63) is 102 Å². The van der Waals surface area contributed by atoms with Crippen LogP contribution in [0.3, 0.4) is 0 Å². The number of phenols is 1. The molecule has 2 aliphatic heterocycles. The van der Waals surface area contributed by atoms with Gasteiger partial charge in [0.25, 0.3) is 5.91 Å². The average molecular weight is 980 g/mol.